The highest BCUT2D eigenvalue weighted by Gasteiger charge is 2.34. The molecule has 0 bridgehead atoms. The van der Waals surface area contributed by atoms with Gasteiger partial charge in [-0.05, 0) is 43.3 Å². The van der Waals surface area contributed by atoms with Crippen LogP contribution in [0.4, 0.5) is 5.82 Å². The molecule has 1 unspecified atom stereocenters. The molecule has 0 aromatic carbocycles. The van der Waals surface area contributed by atoms with E-state index in [9.17, 15) is 4.79 Å². The highest BCUT2D eigenvalue weighted by molar-refractivity contribution is 5.67. The minimum Gasteiger partial charge on any atom is -0.349 e. The summed E-state index contributed by atoms with van der Waals surface area (Å²) < 4.78 is 1.76. The number of fused-ring (bicyclic) bond motifs is 1. The first kappa shape index (κ1) is 15.4. The molecule has 1 saturated heterocycles. The maximum atomic E-state index is 12.0. The third-order valence-corrected chi connectivity index (χ3v) is 4.71. The molecular weight excluding hydrogens is 276 g/mol. The van der Waals surface area contributed by atoms with Gasteiger partial charge in [0, 0.05) is 13.6 Å². The lowest BCUT2D eigenvalue weighted by atomic mass is 9.85. The smallest absolute Gasteiger partial charge is 0.327 e. The van der Waals surface area contributed by atoms with Gasteiger partial charge in [-0.2, -0.15) is 0 Å². The molecule has 0 amide bonds. The van der Waals surface area contributed by atoms with E-state index >= 15 is 0 Å². The van der Waals surface area contributed by atoms with Crippen molar-refractivity contribution in [2.75, 3.05) is 24.5 Å². The molecule has 1 aromatic rings. The fraction of sp³-hybridized carbons (Fsp3) is 0.706. The number of nitrogens with zero attached hydrogens (tertiary/aromatic N) is 2. The van der Waals surface area contributed by atoms with Crippen LogP contribution in [0.3, 0.4) is 0 Å². The average Bonchev–Trinajstić information content (AvgIpc) is 2.74. The van der Waals surface area contributed by atoms with Crippen LogP contribution < -0.4 is 15.9 Å². The number of imidazole rings is 1. The molecule has 22 heavy (non-hydrogen) atoms. The summed E-state index contributed by atoms with van der Waals surface area (Å²) in [4.78, 5) is 17.5. The Morgan fingerprint density at radius 2 is 1.95 bits per heavy atom. The van der Waals surface area contributed by atoms with Crippen molar-refractivity contribution in [3.63, 3.8) is 0 Å². The molecule has 2 aliphatic rings. The second-order valence-corrected chi connectivity index (χ2v) is 7.85. The van der Waals surface area contributed by atoms with Gasteiger partial charge in [0.2, 0.25) is 0 Å². The zero-order chi connectivity index (χ0) is 15.9. The van der Waals surface area contributed by atoms with E-state index in [0.29, 0.717) is 12.0 Å². The van der Waals surface area contributed by atoms with Gasteiger partial charge < -0.3 is 15.2 Å². The molecule has 0 saturated carbocycles. The van der Waals surface area contributed by atoms with Crippen molar-refractivity contribution >= 4 is 11.9 Å². The van der Waals surface area contributed by atoms with Crippen LogP contribution in [0.15, 0.2) is 10.9 Å². The molecule has 1 aromatic heterocycles. The minimum absolute atomic E-state index is 0.0282. The standard InChI is InChI=1S/C17H28N4O/c1-17(2,3)11-21-14(12-7-9-18-10-8-12)6-5-13-15(21)20(4)16(22)19-13/h5-6,12,14,18H,7-11H2,1-4H3,(H,19,22). The lowest BCUT2D eigenvalue weighted by molar-refractivity contribution is 0.309. The summed E-state index contributed by atoms with van der Waals surface area (Å²) in [6.07, 6.45) is 6.79. The SMILES string of the molecule is Cn1c2c([nH]c1=O)C=CC(C1CCNCC1)N2CC(C)(C)C. The van der Waals surface area contributed by atoms with E-state index in [1.54, 1.807) is 4.57 Å². The Bertz CT molecular complexity index is 614. The second kappa shape index (κ2) is 5.61. The molecule has 3 heterocycles. The Hall–Kier alpha value is -1.49. The number of H-pyrrole nitrogens is 1. The first-order chi connectivity index (χ1) is 10.4. The van der Waals surface area contributed by atoms with E-state index in [4.69, 9.17) is 0 Å². The van der Waals surface area contributed by atoms with E-state index in [2.05, 4.69) is 48.1 Å². The van der Waals surface area contributed by atoms with Crippen molar-refractivity contribution < 1.29 is 0 Å². The summed E-state index contributed by atoms with van der Waals surface area (Å²) in [5.41, 5.74) is 1.10. The zero-order valence-electron chi connectivity index (χ0n) is 14.1. The van der Waals surface area contributed by atoms with Crippen molar-refractivity contribution in [2.45, 2.75) is 39.7 Å². The molecule has 0 radical (unpaired) electrons. The Balaban J connectivity index is 1.99. The number of anilines is 1. The van der Waals surface area contributed by atoms with E-state index in [1.165, 1.54) is 12.8 Å². The van der Waals surface area contributed by atoms with Crippen molar-refractivity contribution in [3.8, 4) is 0 Å². The number of aromatic nitrogens is 2. The molecule has 5 nitrogen and oxygen atoms in total. The zero-order valence-corrected chi connectivity index (χ0v) is 14.1. The predicted octanol–water partition coefficient (Wildman–Crippen LogP) is 1.96. The van der Waals surface area contributed by atoms with Gasteiger partial charge in [0.25, 0.3) is 0 Å². The van der Waals surface area contributed by atoms with Gasteiger partial charge in [0.1, 0.15) is 5.82 Å². The number of nitrogens with one attached hydrogen (secondary N) is 2. The minimum atomic E-state index is -0.0282. The van der Waals surface area contributed by atoms with Crippen molar-refractivity contribution in [1.82, 2.24) is 14.9 Å². The highest BCUT2D eigenvalue weighted by Crippen LogP contribution is 2.34. The fourth-order valence-corrected chi connectivity index (χ4v) is 3.72. The van der Waals surface area contributed by atoms with Crippen LogP contribution in [0, 0.1) is 11.3 Å². The van der Waals surface area contributed by atoms with Crippen LogP contribution in [-0.2, 0) is 7.05 Å². The molecule has 0 spiro atoms. The lowest BCUT2D eigenvalue weighted by Gasteiger charge is -2.43. The van der Waals surface area contributed by atoms with Crippen LogP contribution in [0.5, 0.6) is 0 Å². The van der Waals surface area contributed by atoms with Gasteiger partial charge in [0.15, 0.2) is 0 Å². The summed E-state index contributed by atoms with van der Waals surface area (Å²) >= 11 is 0. The maximum absolute atomic E-state index is 12.0. The molecule has 2 aliphatic heterocycles. The Morgan fingerprint density at radius 3 is 2.59 bits per heavy atom. The largest absolute Gasteiger partial charge is 0.349 e. The van der Waals surface area contributed by atoms with Crippen LogP contribution in [-0.4, -0.2) is 35.2 Å². The van der Waals surface area contributed by atoms with Gasteiger partial charge in [-0.15, -0.1) is 0 Å². The van der Waals surface area contributed by atoms with Crippen molar-refractivity contribution in [1.29, 1.82) is 0 Å². The van der Waals surface area contributed by atoms with E-state index in [1.807, 2.05) is 7.05 Å². The maximum Gasteiger partial charge on any atom is 0.327 e. The number of hydrogen-bond donors (Lipinski definition) is 2. The van der Waals surface area contributed by atoms with Crippen LogP contribution in [0.1, 0.15) is 39.3 Å². The van der Waals surface area contributed by atoms with Gasteiger partial charge in [0.05, 0.1) is 11.7 Å². The molecule has 0 aliphatic carbocycles. The monoisotopic (exact) mass is 304 g/mol. The summed E-state index contributed by atoms with van der Waals surface area (Å²) in [5.74, 6) is 1.70. The average molecular weight is 304 g/mol. The Kier molecular flexibility index (Phi) is 3.93. The lowest BCUT2D eigenvalue weighted by Crippen LogP contribution is -2.48. The highest BCUT2D eigenvalue weighted by atomic mass is 16.1. The first-order valence-electron chi connectivity index (χ1n) is 8.31. The van der Waals surface area contributed by atoms with Crippen molar-refractivity contribution in [2.24, 2.45) is 18.4 Å². The fourth-order valence-electron chi connectivity index (χ4n) is 3.72. The number of rotatable bonds is 2. The topological polar surface area (TPSA) is 53.1 Å². The number of hydrogen-bond acceptors (Lipinski definition) is 3. The van der Waals surface area contributed by atoms with Gasteiger partial charge in [-0.25, -0.2) is 4.79 Å². The van der Waals surface area contributed by atoms with Crippen LogP contribution >= 0.6 is 0 Å². The first-order valence-corrected chi connectivity index (χ1v) is 8.31. The van der Waals surface area contributed by atoms with E-state index in [0.717, 1.165) is 31.1 Å². The Morgan fingerprint density at radius 1 is 1.27 bits per heavy atom. The van der Waals surface area contributed by atoms with Gasteiger partial charge in [-0.1, -0.05) is 26.8 Å². The van der Waals surface area contributed by atoms with Gasteiger partial charge in [-0.3, -0.25) is 4.57 Å². The van der Waals surface area contributed by atoms with Crippen molar-refractivity contribution in [3.05, 3.63) is 22.3 Å². The summed E-state index contributed by atoms with van der Waals surface area (Å²) in [6, 6.07) is 0.384. The van der Waals surface area contributed by atoms with E-state index < -0.39 is 0 Å². The molecular formula is C17H28N4O. The van der Waals surface area contributed by atoms with Crippen LogP contribution in [0.2, 0.25) is 0 Å². The molecule has 1 fully saturated rings. The predicted molar refractivity (Wildman–Crippen MR) is 91.3 cm³/mol. The Labute approximate surface area is 132 Å². The third-order valence-electron chi connectivity index (χ3n) is 4.71. The number of aromatic amines is 1. The molecule has 3 rings (SSSR count). The van der Waals surface area contributed by atoms with Gasteiger partial charge >= 0.3 is 5.69 Å². The molecule has 1 atom stereocenters. The molecule has 122 valence electrons. The number of piperidine rings is 1. The summed E-state index contributed by atoms with van der Waals surface area (Å²) in [7, 11) is 1.87. The molecule has 5 heteroatoms. The van der Waals surface area contributed by atoms with E-state index in [-0.39, 0.29) is 11.1 Å². The second-order valence-electron chi connectivity index (χ2n) is 7.85. The molecule has 2 N–H and O–H groups in total. The third kappa shape index (κ3) is 2.86. The normalized spacial score (nSPS) is 22.9. The summed E-state index contributed by atoms with van der Waals surface area (Å²) in [5, 5.41) is 3.45. The summed E-state index contributed by atoms with van der Waals surface area (Å²) in [6.45, 7) is 9.92. The quantitative estimate of drug-likeness (QED) is 0.878. The van der Waals surface area contributed by atoms with Crippen LogP contribution in [0.25, 0.3) is 6.08 Å².